The molecule has 1 fully saturated rings. The normalized spacial score (nSPS) is 26.4. The van der Waals surface area contributed by atoms with E-state index >= 15 is 0 Å². The lowest BCUT2D eigenvalue weighted by molar-refractivity contribution is 0.100. The van der Waals surface area contributed by atoms with Crippen molar-refractivity contribution in [3.05, 3.63) is 23.8 Å². The third kappa shape index (κ3) is 3.60. The van der Waals surface area contributed by atoms with E-state index in [4.69, 9.17) is 20.4 Å². The number of nitrogens with zero attached hydrogens (tertiary/aromatic N) is 1. The molecule has 5 heteroatoms. The Morgan fingerprint density at radius 1 is 1.29 bits per heavy atom. The molecule has 3 unspecified atom stereocenters. The third-order valence-electron chi connectivity index (χ3n) is 4.42. The van der Waals surface area contributed by atoms with Crippen LogP contribution in [0.25, 0.3) is 0 Å². The van der Waals surface area contributed by atoms with E-state index in [1.165, 1.54) is 0 Å². The van der Waals surface area contributed by atoms with Crippen LogP contribution < -0.4 is 15.2 Å². The molecule has 3 N–H and O–H groups in total. The van der Waals surface area contributed by atoms with Gasteiger partial charge in [0.1, 0.15) is 11.5 Å². The highest BCUT2D eigenvalue weighted by Crippen LogP contribution is 2.33. The van der Waals surface area contributed by atoms with E-state index in [0.717, 1.165) is 25.2 Å². The molecule has 116 valence electrons. The van der Waals surface area contributed by atoms with Crippen LogP contribution in [-0.2, 0) is 0 Å². The zero-order valence-electron chi connectivity index (χ0n) is 12.9. The standard InChI is InChI=1S/C16H24N2O3/c1-10-4-5-13(8-11(10)2)21-15-9-12(20-3)6-7-14(15)16(17)18-19/h6-7,9-11,13,19H,4-5,8H2,1-3H3,(H2,17,18). The average molecular weight is 292 g/mol. The van der Waals surface area contributed by atoms with E-state index < -0.39 is 0 Å². The molecule has 0 saturated heterocycles. The number of nitrogens with two attached hydrogens (primary N) is 1. The van der Waals surface area contributed by atoms with Crippen molar-refractivity contribution < 1.29 is 14.7 Å². The van der Waals surface area contributed by atoms with Gasteiger partial charge in [0.2, 0.25) is 0 Å². The van der Waals surface area contributed by atoms with Crippen molar-refractivity contribution in [3.63, 3.8) is 0 Å². The van der Waals surface area contributed by atoms with Crippen LogP contribution in [-0.4, -0.2) is 24.3 Å². The second-order valence-corrected chi connectivity index (χ2v) is 5.85. The summed E-state index contributed by atoms with van der Waals surface area (Å²) >= 11 is 0. The number of amidine groups is 1. The highest BCUT2D eigenvalue weighted by molar-refractivity contribution is 5.99. The Hall–Kier alpha value is -1.91. The summed E-state index contributed by atoms with van der Waals surface area (Å²) in [4.78, 5) is 0. The van der Waals surface area contributed by atoms with Gasteiger partial charge < -0.3 is 20.4 Å². The smallest absolute Gasteiger partial charge is 0.173 e. The van der Waals surface area contributed by atoms with E-state index in [9.17, 15) is 0 Å². The molecule has 2 rings (SSSR count). The molecule has 3 atom stereocenters. The van der Waals surface area contributed by atoms with Crippen molar-refractivity contribution in [1.29, 1.82) is 0 Å². The van der Waals surface area contributed by atoms with Crippen molar-refractivity contribution in [2.45, 2.75) is 39.2 Å². The zero-order valence-corrected chi connectivity index (χ0v) is 12.9. The van der Waals surface area contributed by atoms with Crippen LogP contribution in [0.5, 0.6) is 11.5 Å². The summed E-state index contributed by atoms with van der Waals surface area (Å²) in [6.45, 7) is 4.55. The highest BCUT2D eigenvalue weighted by atomic mass is 16.5. The number of rotatable bonds is 4. The van der Waals surface area contributed by atoms with Gasteiger partial charge in [0, 0.05) is 6.07 Å². The first-order valence-corrected chi connectivity index (χ1v) is 7.37. The molecule has 1 aliphatic carbocycles. The summed E-state index contributed by atoms with van der Waals surface area (Å²) in [5.41, 5.74) is 6.31. The Kier molecular flexibility index (Phi) is 4.94. The Labute approximate surface area is 125 Å². The van der Waals surface area contributed by atoms with Gasteiger partial charge in [-0.2, -0.15) is 0 Å². The van der Waals surface area contributed by atoms with Gasteiger partial charge >= 0.3 is 0 Å². The van der Waals surface area contributed by atoms with Gasteiger partial charge in [0.05, 0.1) is 18.8 Å². The van der Waals surface area contributed by atoms with Gasteiger partial charge in [-0.05, 0) is 43.2 Å². The number of hydrogen-bond donors (Lipinski definition) is 2. The predicted molar refractivity (Wildman–Crippen MR) is 82.1 cm³/mol. The van der Waals surface area contributed by atoms with Gasteiger partial charge in [-0.15, -0.1) is 0 Å². The average Bonchev–Trinajstić information content (AvgIpc) is 2.50. The number of hydrogen-bond acceptors (Lipinski definition) is 4. The molecular weight excluding hydrogens is 268 g/mol. The first kappa shape index (κ1) is 15.5. The van der Waals surface area contributed by atoms with Gasteiger partial charge in [-0.1, -0.05) is 19.0 Å². The fourth-order valence-electron chi connectivity index (χ4n) is 2.78. The van der Waals surface area contributed by atoms with Crippen molar-refractivity contribution in [3.8, 4) is 11.5 Å². The van der Waals surface area contributed by atoms with Crippen LogP contribution in [0.2, 0.25) is 0 Å². The number of benzene rings is 1. The predicted octanol–water partition coefficient (Wildman–Crippen LogP) is 2.99. The Bertz CT molecular complexity index is 516. The summed E-state index contributed by atoms with van der Waals surface area (Å²) in [7, 11) is 1.60. The molecule has 0 aliphatic heterocycles. The van der Waals surface area contributed by atoms with Crippen LogP contribution in [0.4, 0.5) is 0 Å². The maximum absolute atomic E-state index is 8.90. The second-order valence-electron chi connectivity index (χ2n) is 5.85. The van der Waals surface area contributed by atoms with Crippen LogP contribution in [0.3, 0.4) is 0 Å². The number of oxime groups is 1. The number of ether oxygens (including phenoxy) is 2. The van der Waals surface area contributed by atoms with E-state index in [0.29, 0.717) is 23.0 Å². The van der Waals surface area contributed by atoms with Gasteiger partial charge in [0.25, 0.3) is 0 Å². The van der Waals surface area contributed by atoms with E-state index in [-0.39, 0.29) is 11.9 Å². The third-order valence-corrected chi connectivity index (χ3v) is 4.42. The monoisotopic (exact) mass is 292 g/mol. The van der Waals surface area contributed by atoms with Crippen molar-refractivity contribution >= 4 is 5.84 Å². The molecule has 0 bridgehead atoms. The van der Waals surface area contributed by atoms with E-state index in [1.807, 2.05) is 0 Å². The molecule has 1 aromatic rings. The van der Waals surface area contributed by atoms with Crippen molar-refractivity contribution in [2.24, 2.45) is 22.7 Å². The molecular formula is C16H24N2O3. The Morgan fingerprint density at radius 2 is 2.05 bits per heavy atom. The second kappa shape index (κ2) is 6.70. The first-order chi connectivity index (χ1) is 10.0. The largest absolute Gasteiger partial charge is 0.497 e. The molecule has 21 heavy (non-hydrogen) atoms. The molecule has 0 aromatic heterocycles. The molecule has 0 spiro atoms. The van der Waals surface area contributed by atoms with Crippen LogP contribution >= 0.6 is 0 Å². The summed E-state index contributed by atoms with van der Waals surface area (Å²) in [5, 5.41) is 12.0. The molecule has 1 saturated carbocycles. The lowest BCUT2D eigenvalue weighted by atomic mass is 9.80. The van der Waals surface area contributed by atoms with Crippen LogP contribution in [0.1, 0.15) is 38.7 Å². The minimum atomic E-state index is 0.0462. The van der Waals surface area contributed by atoms with Gasteiger partial charge in [-0.3, -0.25) is 0 Å². The highest BCUT2D eigenvalue weighted by Gasteiger charge is 2.26. The fraction of sp³-hybridized carbons (Fsp3) is 0.562. The van der Waals surface area contributed by atoms with E-state index in [2.05, 4.69) is 19.0 Å². The molecule has 0 amide bonds. The van der Waals surface area contributed by atoms with Crippen LogP contribution in [0, 0.1) is 11.8 Å². The summed E-state index contributed by atoms with van der Waals surface area (Å²) in [5.74, 6) is 2.72. The summed E-state index contributed by atoms with van der Waals surface area (Å²) < 4.78 is 11.3. The zero-order chi connectivity index (χ0) is 15.4. The van der Waals surface area contributed by atoms with Crippen molar-refractivity contribution in [1.82, 2.24) is 0 Å². The molecule has 0 heterocycles. The topological polar surface area (TPSA) is 77.1 Å². The Balaban J connectivity index is 2.21. The minimum Gasteiger partial charge on any atom is -0.497 e. The maximum Gasteiger partial charge on any atom is 0.173 e. The summed E-state index contributed by atoms with van der Waals surface area (Å²) in [6.07, 6.45) is 3.37. The molecule has 1 aromatic carbocycles. The van der Waals surface area contributed by atoms with E-state index in [1.54, 1.807) is 25.3 Å². The first-order valence-electron chi connectivity index (χ1n) is 7.37. The summed E-state index contributed by atoms with van der Waals surface area (Å²) in [6, 6.07) is 5.31. The maximum atomic E-state index is 8.90. The van der Waals surface area contributed by atoms with Crippen LogP contribution in [0.15, 0.2) is 23.4 Å². The lowest BCUT2D eigenvalue weighted by Gasteiger charge is -2.32. The number of methoxy groups -OCH3 is 1. The molecule has 5 nitrogen and oxygen atoms in total. The molecule has 0 radical (unpaired) electrons. The minimum absolute atomic E-state index is 0.0462. The quantitative estimate of drug-likeness (QED) is 0.387. The lowest BCUT2D eigenvalue weighted by Crippen LogP contribution is -2.29. The molecule has 1 aliphatic rings. The fourth-order valence-corrected chi connectivity index (χ4v) is 2.78. The van der Waals surface area contributed by atoms with Crippen molar-refractivity contribution in [2.75, 3.05) is 7.11 Å². The Morgan fingerprint density at radius 3 is 2.67 bits per heavy atom. The van der Waals surface area contributed by atoms with Gasteiger partial charge in [0.15, 0.2) is 5.84 Å². The van der Waals surface area contributed by atoms with Gasteiger partial charge in [-0.25, -0.2) is 0 Å². The SMILES string of the molecule is COc1ccc(/C(N)=N/O)c(OC2CCC(C)C(C)C2)c1.